The van der Waals surface area contributed by atoms with Crippen molar-refractivity contribution in [2.24, 2.45) is 0 Å². The van der Waals surface area contributed by atoms with E-state index in [-0.39, 0.29) is 12.0 Å². The molecule has 1 aromatic carbocycles. The van der Waals surface area contributed by atoms with E-state index in [2.05, 4.69) is 21.3 Å². The number of nitrogens with one attached hydrogen (secondary N) is 1. The summed E-state index contributed by atoms with van der Waals surface area (Å²) in [6, 6.07) is 9.50. The zero-order chi connectivity index (χ0) is 19.2. The molecule has 5 nitrogen and oxygen atoms in total. The van der Waals surface area contributed by atoms with Crippen LogP contribution in [0.1, 0.15) is 29.8 Å². The number of nitrogens with zero attached hydrogens (tertiary/aromatic N) is 2. The molecule has 144 valence electrons. The first kappa shape index (κ1) is 20.0. The lowest BCUT2D eigenvalue weighted by atomic mass is 10.1. The van der Waals surface area contributed by atoms with Crippen LogP contribution in [-0.4, -0.2) is 46.5 Å². The summed E-state index contributed by atoms with van der Waals surface area (Å²) in [5, 5.41) is 3.32. The number of carbonyl (C=O) groups is 1. The molecule has 1 aliphatic heterocycles. The summed E-state index contributed by atoms with van der Waals surface area (Å²) < 4.78 is 5.52. The van der Waals surface area contributed by atoms with E-state index in [0.717, 1.165) is 42.4 Å². The second kappa shape index (κ2) is 9.44. The van der Waals surface area contributed by atoms with Crippen molar-refractivity contribution >= 4 is 35.0 Å². The molecule has 1 amide bonds. The standard InChI is InChI=1S/C20H24ClN3O2S/c1-14(2)26-20-17(21)11-16(12-22-20)19(25)23-18-6-4-3-5-15(18)13-24-7-9-27-10-8-24/h3-6,11-12,14H,7-10,13H2,1-2H3,(H,23,25). The van der Waals surface area contributed by atoms with Gasteiger partial charge in [0.15, 0.2) is 0 Å². The van der Waals surface area contributed by atoms with Crippen LogP contribution in [0.25, 0.3) is 0 Å². The van der Waals surface area contributed by atoms with Gasteiger partial charge in [0.2, 0.25) is 5.88 Å². The van der Waals surface area contributed by atoms with Crippen LogP contribution in [-0.2, 0) is 6.54 Å². The van der Waals surface area contributed by atoms with E-state index < -0.39 is 0 Å². The van der Waals surface area contributed by atoms with Crippen molar-refractivity contribution in [3.05, 3.63) is 52.7 Å². The number of aromatic nitrogens is 1. The lowest BCUT2D eigenvalue weighted by Crippen LogP contribution is -2.32. The molecule has 2 aromatic rings. The number of para-hydroxylation sites is 1. The summed E-state index contributed by atoms with van der Waals surface area (Å²) in [6.07, 6.45) is 1.46. The summed E-state index contributed by atoms with van der Waals surface area (Å²) in [4.78, 5) is 19.3. The fourth-order valence-electron chi connectivity index (χ4n) is 2.83. The first-order chi connectivity index (χ1) is 13.0. The molecule has 0 unspecified atom stereocenters. The maximum absolute atomic E-state index is 12.7. The first-order valence-corrected chi connectivity index (χ1v) is 10.6. The minimum atomic E-state index is -0.234. The maximum Gasteiger partial charge on any atom is 0.257 e. The fraction of sp³-hybridized carbons (Fsp3) is 0.400. The van der Waals surface area contributed by atoms with Gasteiger partial charge in [0.05, 0.1) is 11.7 Å². The van der Waals surface area contributed by atoms with E-state index in [1.807, 2.05) is 43.8 Å². The number of amides is 1. The molecule has 0 aliphatic carbocycles. The highest BCUT2D eigenvalue weighted by molar-refractivity contribution is 7.99. The van der Waals surface area contributed by atoms with Gasteiger partial charge >= 0.3 is 0 Å². The second-order valence-corrected chi connectivity index (χ2v) is 8.31. The number of anilines is 1. The van der Waals surface area contributed by atoms with Crippen molar-refractivity contribution in [1.82, 2.24) is 9.88 Å². The molecular formula is C20H24ClN3O2S. The third-order valence-corrected chi connectivity index (χ3v) is 5.39. The predicted octanol–water partition coefficient (Wildman–Crippen LogP) is 4.32. The Morgan fingerprint density at radius 2 is 2.07 bits per heavy atom. The van der Waals surface area contributed by atoms with Gasteiger partial charge in [-0.3, -0.25) is 9.69 Å². The summed E-state index contributed by atoms with van der Waals surface area (Å²) in [5.74, 6) is 2.42. The zero-order valence-electron chi connectivity index (χ0n) is 15.6. The van der Waals surface area contributed by atoms with Crippen molar-refractivity contribution in [3.8, 4) is 5.88 Å². The van der Waals surface area contributed by atoms with Crippen LogP contribution < -0.4 is 10.1 Å². The zero-order valence-corrected chi connectivity index (χ0v) is 17.1. The summed E-state index contributed by atoms with van der Waals surface area (Å²) in [5.41, 5.74) is 2.33. The fourth-order valence-corrected chi connectivity index (χ4v) is 4.02. The number of benzene rings is 1. The van der Waals surface area contributed by atoms with Crippen LogP contribution in [0.4, 0.5) is 5.69 Å². The number of pyridine rings is 1. The normalized spacial score (nSPS) is 15.0. The summed E-state index contributed by atoms with van der Waals surface area (Å²) in [7, 11) is 0. The van der Waals surface area contributed by atoms with E-state index in [4.69, 9.17) is 16.3 Å². The smallest absolute Gasteiger partial charge is 0.257 e. The molecule has 1 fully saturated rings. The molecule has 1 N–H and O–H groups in total. The number of carbonyl (C=O) groups excluding carboxylic acids is 1. The number of hydrogen-bond donors (Lipinski definition) is 1. The number of thioether (sulfide) groups is 1. The molecule has 3 rings (SSSR count). The van der Waals surface area contributed by atoms with Gasteiger partial charge < -0.3 is 10.1 Å². The number of rotatable bonds is 6. The lowest BCUT2D eigenvalue weighted by molar-refractivity contribution is 0.102. The van der Waals surface area contributed by atoms with Gasteiger partial charge in [-0.2, -0.15) is 11.8 Å². The first-order valence-electron chi connectivity index (χ1n) is 9.04. The van der Waals surface area contributed by atoms with Crippen molar-refractivity contribution in [2.45, 2.75) is 26.5 Å². The average Bonchev–Trinajstić information content (AvgIpc) is 2.65. The molecule has 7 heteroatoms. The molecule has 0 saturated carbocycles. The molecule has 0 radical (unpaired) electrons. The Kier molecular flexibility index (Phi) is 6.99. The Hall–Kier alpha value is -1.76. The molecule has 0 spiro atoms. The highest BCUT2D eigenvalue weighted by atomic mass is 35.5. The number of ether oxygens (including phenoxy) is 1. The van der Waals surface area contributed by atoms with Crippen LogP contribution in [0.2, 0.25) is 5.02 Å². The lowest BCUT2D eigenvalue weighted by Gasteiger charge is -2.27. The van der Waals surface area contributed by atoms with E-state index >= 15 is 0 Å². The topological polar surface area (TPSA) is 54.5 Å². The summed E-state index contributed by atoms with van der Waals surface area (Å²) >= 11 is 8.19. The van der Waals surface area contributed by atoms with Crippen molar-refractivity contribution in [2.75, 3.05) is 29.9 Å². The van der Waals surface area contributed by atoms with E-state index in [1.54, 1.807) is 6.07 Å². The molecule has 0 bridgehead atoms. The van der Waals surface area contributed by atoms with Crippen LogP contribution >= 0.6 is 23.4 Å². The number of halogens is 1. The van der Waals surface area contributed by atoms with Gasteiger partial charge in [0, 0.05) is 43.0 Å². The predicted molar refractivity (Wildman–Crippen MR) is 112 cm³/mol. The SMILES string of the molecule is CC(C)Oc1ncc(C(=O)Nc2ccccc2CN2CCSCC2)cc1Cl. The molecule has 1 aromatic heterocycles. The van der Waals surface area contributed by atoms with Crippen LogP contribution in [0.15, 0.2) is 36.5 Å². The summed E-state index contributed by atoms with van der Waals surface area (Å²) in [6.45, 7) is 6.78. The average molecular weight is 406 g/mol. The molecule has 0 atom stereocenters. The van der Waals surface area contributed by atoms with Gasteiger partial charge in [-0.25, -0.2) is 4.98 Å². The monoisotopic (exact) mass is 405 g/mol. The Morgan fingerprint density at radius 1 is 1.33 bits per heavy atom. The van der Waals surface area contributed by atoms with Crippen LogP contribution in [0.3, 0.4) is 0 Å². The molecule has 2 heterocycles. The van der Waals surface area contributed by atoms with Gasteiger partial charge in [-0.05, 0) is 31.5 Å². The molecular weight excluding hydrogens is 382 g/mol. The molecule has 1 aliphatic rings. The van der Waals surface area contributed by atoms with Crippen LogP contribution in [0, 0.1) is 0 Å². The Bertz CT molecular complexity index is 795. The molecule has 27 heavy (non-hydrogen) atoms. The highest BCUT2D eigenvalue weighted by Crippen LogP contribution is 2.25. The van der Waals surface area contributed by atoms with Crippen LogP contribution in [0.5, 0.6) is 5.88 Å². The van der Waals surface area contributed by atoms with E-state index in [9.17, 15) is 4.79 Å². The Morgan fingerprint density at radius 3 is 2.78 bits per heavy atom. The maximum atomic E-state index is 12.7. The second-order valence-electron chi connectivity index (χ2n) is 6.68. The van der Waals surface area contributed by atoms with E-state index in [1.165, 1.54) is 6.20 Å². The van der Waals surface area contributed by atoms with E-state index in [0.29, 0.717) is 16.5 Å². The van der Waals surface area contributed by atoms with Gasteiger partial charge in [-0.1, -0.05) is 29.8 Å². The minimum Gasteiger partial charge on any atom is -0.474 e. The van der Waals surface area contributed by atoms with Crippen molar-refractivity contribution in [3.63, 3.8) is 0 Å². The number of hydrogen-bond acceptors (Lipinski definition) is 5. The third-order valence-electron chi connectivity index (χ3n) is 4.18. The van der Waals surface area contributed by atoms with Gasteiger partial charge in [0.25, 0.3) is 5.91 Å². The minimum absolute atomic E-state index is 0.0326. The largest absolute Gasteiger partial charge is 0.474 e. The third kappa shape index (κ3) is 5.61. The Balaban J connectivity index is 1.71. The van der Waals surface area contributed by atoms with Crippen molar-refractivity contribution < 1.29 is 9.53 Å². The highest BCUT2D eigenvalue weighted by Gasteiger charge is 2.16. The molecule has 1 saturated heterocycles. The Labute approximate surface area is 169 Å². The van der Waals surface area contributed by atoms with Gasteiger partial charge in [0.1, 0.15) is 5.02 Å². The quantitative estimate of drug-likeness (QED) is 0.775. The van der Waals surface area contributed by atoms with Crippen molar-refractivity contribution in [1.29, 1.82) is 0 Å². The van der Waals surface area contributed by atoms with Gasteiger partial charge in [-0.15, -0.1) is 0 Å².